The average molecular weight is 263 g/mol. The molecule has 2 N–H and O–H groups in total. The number of nitrogens with zero attached hydrogens (tertiary/aromatic N) is 2. The molecule has 5 nitrogen and oxygen atoms in total. The van der Waals surface area contributed by atoms with E-state index in [1.165, 1.54) is 12.1 Å². The number of halogens is 1. The van der Waals surface area contributed by atoms with Crippen molar-refractivity contribution in [1.82, 2.24) is 9.78 Å². The number of benzene rings is 1. The molecule has 0 saturated carbocycles. The summed E-state index contributed by atoms with van der Waals surface area (Å²) in [6.45, 7) is 2.36. The normalized spacial score (nSPS) is 10.5. The van der Waals surface area contributed by atoms with Crippen LogP contribution in [0, 0.1) is 12.7 Å². The van der Waals surface area contributed by atoms with Crippen molar-refractivity contribution in [1.29, 1.82) is 0 Å². The zero-order chi connectivity index (χ0) is 14.0. The van der Waals surface area contributed by atoms with Crippen LogP contribution in [0.5, 0.6) is 0 Å². The van der Waals surface area contributed by atoms with Crippen molar-refractivity contribution < 1.29 is 14.3 Å². The summed E-state index contributed by atoms with van der Waals surface area (Å²) < 4.78 is 15.4. The fourth-order valence-corrected chi connectivity index (χ4v) is 1.70. The van der Waals surface area contributed by atoms with E-state index in [2.05, 4.69) is 10.4 Å². The maximum absolute atomic E-state index is 13.7. The summed E-state index contributed by atoms with van der Waals surface area (Å²) in [6, 6.07) is 3.79. The first-order valence-electron chi connectivity index (χ1n) is 5.73. The number of rotatable bonds is 4. The number of aromatic nitrogens is 2. The fraction of sp³-hybridized carbons (Fsp3) is 0.231. The van der Waals surface area contributed by atoms with Crippen LogP contribution in [0.25, 0.3) is 0 Å². The van der Waals surface area contributed by atoms with E-state index in [1.807, 2.05) is 14.0 Å². The Kier molecular flexibility index (Phi) is 3.50. The van der Waals surface area contributed by atoms with Gasteiger partial charge in [-0.05, 0) is 25.1 Å². The number of anilines is 1. The summed E-state index contributed by atoms with van der Waals surface area (Å²) in [5.74, 6) is -1.73. The van der Waals surface area contributed by atoms with Crippen molar-refractivity contribution in [2.45, 2.75) is 13.5 Å². The molecule has 1 heterocycles. The lowest BCUT2D eigenvalue weighted by atomic mass is 10.2. The SMILES string of the molecule is Cc1c(CNc2ccc(C(=O)O)cc2F)cnn1C. The number of hydrogen-bond acceptors (Lipinski definition) is 3. The quantitative estimate of drug-likeness (QED) is 0.887. The van der Waals surface area contributed by atoms with Crippen molar-refractivity contribution in [3.05, 3.63) is 47.0 Å². The summed E-state index contributed by atoms with van der Waals surface area (Å²) in [5.41, 5.74) is 2.16. The molecule has 6 heteroatoms. The predicted octanol–water partition coefficient (Wildman–Crippen LogP) is 2.18. The van der Waals surface area contributed by atoms with E-state index >= 15 is 0 Å². The molecule has 0 spiro atoms. The molecule has 0 aliphatic carbocycles. The number of nitrogens with one attached hydrogen (secondary N) is 1. The molecule has 19 heavy (non-hydrogen) atoms. The summed E-state index contributed by atoms with van der Waals surface area (Å²) in [6.07, 6.45) is 1.71. The highest BCUT2D eigenvalue weighted by Gasteiger charge is 2.09. The molecular formula is C13H14FN3O2. The summed E-state index contributed by atoms with van der Waals surface area (Å²) in [4.78, 5) is 10.7. The minimum atomic E-state index is -1.14. The van der Waals surface area contributed by atoms with Crippen LogP contribution >= 0.6 is 0 Å². The van der Waals surface area contributed by atoms with Crippen molar-refractivity contribution in [3.63, 3.8) is 0 Å². The van der Waals surface area contributed by atoms with E-state index in [0.717, 1.165) is 17.3 Å². The minimum Gasteiger partial charge on any atom is -0.478 e. The third-order valence-corrected chi connectivity index (χ3v) is 3.02. The van der Waals surface area contributed by atoms with Crippen LogP contribution in [0.3, 0.4) is 0 Å². The molecule has 0 aliphatic rings. The van der Waals surface area contributed by atoms with Gasteiger partial charge in [-0.3, -0.25) is 4.68 Å². The third-order valence-electron chi connectivity index (χ3n) is 3.02. The van der Waals surface area contributed by atoms with E-state index in [9.17, 15) is 9.18 Å². The molecule has 0 amide bonds. The van der Waals surface area contributed by atoms with Crippen LogP contribution in [0.1, 0.15) is 21.6 Å². The van der Waals surface area contributed by atoms with Gasteiger partial charge >= 0.3 is 5.97 Å². The van der Waals surface area contributed by atoms with Crippen LogP contribution in [-0.4, -0.2) is 20.9 Å². The van der Waals surface area contributed by atoms with Crippen LogP contribution in [0.2, 0.25) is 0 Å². The van der Waals surface area contributed by atoms with Crippen molar-refractivity contribution in [2.24, 2.45) is 7.05 Å². The first-order chi connectivity index (χ1) is 8.99. The van der Waals surface area contributed by atoms with E-state index in [4.69, 9.17) is 5.11 Å². The van der Waals surface area contributed by atoms with E-state index in [-0.39, 0.29) is 11.3 Å². The number of aryl methyl sites for hydroxylation is 1. The number of aromatic carboxylic acids is 1. The highest BCUT2D eigenvalue weighted by atomic mass is 19.1. The van der Waals surface area contributed by atoms with E-state index in [1.54, 1.807) is 10.9 Å². The molecule has 0 fully saturated rings. The molecule has 0 bridgehead atoms. The highest BCUT2D eigenvalue weighted by Crippen LogP contribution is 2.17. The van der Waals surface area contributed by atoms with Gasteiger partial charge in [0, 0.05) is 24.8 Å². The van der Waals surface area contributed by atoms with Gasteiger partial charge in [0.1, 0.15) is 5.82 Å². The van der Waals surface area contributed by atoms with Crippen LogP contribution in [-0.2, 0) is 13.6 Å². The van der Waals surface area contributed by atoms with Gasteiger partial charge in [0.05, 0.1) is 17.4 Å². The zero-order valence-electron chi connectivity index (χ0n) is 10.6. The molecule has 0 saturated heterocycles. The summed E-state index contributed by atoms with van der Waals surface area (Å²) >= 11 is 0. The summed E-state index contributed by atoms with van der Waals surface area (Å²) in [7, 11) is 1.83. The highest BCUT2D eigenvalue weighted by molar-refractivity contribution is 5.88. The molecule has 1 aromatic carbocycles. The monoisotopic (exact) mass is 263 g/mol. The lowest BCUT2D eigenvalue weighted by Gasteiger charge is -2.08. The minimum absolute atomic E-state index is 0.0689. The first kappa shape index (κ1) is 13.1. The third kappa shape index (κ3) is 2.73. The molecule has 1 aromatic heterocycles. The van der Waals surface area contributed by atoms with Crippen LogP contribution in [0.15, 0.2) is 24.4 Å². The number of hydrogen-bond donors (Lipinski definition) is 2. The van der Waals surface area contributed by atoms with Gasteiger partial charge in [-0.25, -0.2) is 9.18 Å². The smallest absolute Gasteiger partial charge is 0.335 e. The molecular weight excluding hydrogens is 249 g/mol. The van der Waals surface area contributed by atoms with Gasteiger partial charge in [-0.2, -0.15) is 5.10 Å². The van der Waals surface area contributed by atoms with E-state index in [0.29, 0.717) is 6.54 Å². The Morgan fingerprint density at radius 2 is 2.26 bits per heavy atom. The van der Waals surface area contributed by atoms with Crippen molar-refractivity contribution in [3.8, 4) is 0 Å². The molecule has 0 atom stereocenters. The number of carboxylic acids is 1. The Hall–Kier alpha value is -2.37. The Labute approximate surface area is 109 Å². The van der Waals surface area contributed by atoms with Crippen molar-refractivity contribution >= 4 is 11.7 Å². The van der Waals surface area contributed by atoms with E-state index < -0.39 is 11.8 Å². The average Bonchev–Trinajstić information content (AvgIpc) is 2.68. The van der Waals surface area contributed by atoms with Crippen LogP contribution in [0.4, 0.5) is 10.1 Å². The zero-order valence-corrected chi connectivity index (χ0v) is 10.6. The van der Waals surface area contributed by atoms with Gasteiger partial charge in [0.2, 0.25) is 0 Å². The maximum Gasteiger partial charge on any atom is 0.335 e. The van der Waals surface area contributed by atoms with Gasteiger partial charge in [-0.15, -0.1) is 0 Å². The molecule has 0 radical (unpaired) electrons. The maximum atomic E-state index is 13.7. The lowest BCUT2D eigenvalue weighted by molar-refractivity contribution is 0.0696. The van der Waals surface area contributed by atoms with Gasteiger partial charge in [-0.1, -0.05) is 0 Å². The Morgan fingerprint density at radius 1 is 1.53 bits per heavy atom. The second kappa shape index (κ2) is 5.09. The lowest BCUT2D eigenvalue weighted by Crippen LogP contribution is -2.04. The standard InChI is InChI=1S/C13H14FN3O2/c1-8-10(7-16-17(8)2)6-15-12-4-3-9(13(18)19)5-11(12)14/h3-5,7,15H,6H2,1-2H3,(H,18,19). The molecule has 2 aromatic rings. The van der Waals surface area contributed by atoms with Gasteiger partial charge in [0.15, 0.2) is 0 Å². The number of carboxylic acid groups (broad SMARTS) is 1. The topological polar surface area (TPSA) is 67.2 Å². The predicted molar refractivity (Wildman–Crippen MR) is 68.6 cm³/mol. The molecule has 0 unspecified atom stereocenters. The Morgan fingerprint density at radius 3 is 2.79 bits per heavy atom. The molecule has 0 aliphatic heterocycles. The van der Waals surface area contributed by atoms with Crippen LogP contribution < -0.4 is 5.32 Å². The number of carbonyl (C=O) groups is 1. The largest absolute Gasteiger partial charge is 0.478 e. The molecule has 2 rings (SSSR count). The molecule has 100 valence electrons. The van der Waals surface area contributed by atoms with Gasteiger partial charge < -0.3 is 10.4 Å². The fourth-order valence-electron chi connectivity index (χ4n) is 1.70. The second-order valence-corrected chi connectivity index (χ2v) is 4.23. The Bertz CT molecular complexity index is 622. The van der Waals surface area contributed by atoms with Gasteiger partial charge in [0.25, 0.3) is 0 Å². The summed E-state index contributed by atoms with van der Waals surface area (Å²) in [5, 5.41) is 15.8. The first-order valence-corrected chi connectivity index (χ1v) is 5.73. The van der Waals surface area contributed by atoms with Crippen molar-refractivity contribution in [2.75, 3.05) is 5.32 Å². The Balaban J connectivity index is 2.12. The second-order valence-electron chi connectivity index (χ2n) is 4.23.